The predicted molar refractivity (Wildman–Crippen MR) is 131 cm³/mol. The standard InChI is InChI=1S/C23H29N7O2S/c1-16(31)29-9-11-30(12-10-29)18-7-5-17(6-8-18)26-21-14-20(22(23(24)32)28(2)27-21)25-15-19-4-3-13-33-19/h3-8,13-14,25-27H,9-12,15H2,1-2H3,(H2,24,32). The average molecular weight is 468 g/mol. The van der Waals surface area contributed by atoms with Crippen molar-refractivity contribution >= 4 is 34.5 Å². The van der Waals surface area contributed by atoms with E-state index in [1.165, 1.54) is 0 Å². The molecule has 0 spiro atoms. The number of carbonyl (C=O) groups is 2. The maximum Gasteiger partial charge on any atom is 0.268 e. The van der Waals surface area contributed by atoms with Crippen LogP contribution in [-0.2, 0) is 16.1 Å². The van der Waals surface area contributed by atoms with Crippen molar-refractivity contribution in [3.63, 3.8) is 0 Å². The zero-order valence-electron chi connectivity index (χ0n) is 18.8. The molecule has 2 amide bonds. The molecule has 3 heterocycles. The van der Waals surface area contributed by atoms with Gasteiger partial charge in [0, 0.05) is 69.0 Å². The first-order valence-electron chi connectivity index (χ1n) is 10.8. The topological polar surface area (TPSA) is 106 Å². The number of nitrogens with two attached hydrogens (primary N) is 1. The van der Waals surface area contributed by atoms with Crippen molar-refractivity contribution in [2.75, 3.05) is 43.4 Å². The highest BCUT2D eigenvalue weighted by Gasteiger charge is 2.22. The number of benzene rings is 1. The van der Waals surface area contributed by atoms with Crippen molar-refractivity contribution in [3.8, 4) is 0 Å². The Hall–Kier alpha value is -3.66. The van der Waals surface area contributed by atoms with Gasteiger partial charge in [0.15, 0.2) is 0 Å². The molecule has 2 aromatic rings. The normalized spacial score (nSPS) is 16.3. The number of likely N-dealkylation sites (N-methyl/N-ethyl adjacent to an activating group) is 1. The third kappa shape index (κ3) is 5.40. The molecular weight excluding hydrogens is 438 g/mol. The number of piperazine rings is 1. The second-order valence-electron chi connectivity index (χ2n) is 7.95. The molecule has 0 atom stereocenters. The van der Waals surface area contributed by atoms with Crippen LogP contribution < -0.4 is 26.7 Å². The van der Waals surface area contributed by atoms with Crippen LogP contribution in [0.25, 0.3) is 0 Å². The lowest BCUT2D eigenvalue weighted by molar-refractivity contribution is -0.129. The number of hydrazine groups is 1. The van der Waals surface area contributed by atoms with Crippen LogP contribution in [0.2, 0.25) is 0 Å². The fourth-order valence-corrected chi connectivity index (χ4v) is 4.59. The predicted octanol–water partition coefficient (Wildman–Crippen LogP) is 1.61. The van der Waals surface area contributed by atoms with E-state index in [0.717, 1.165) is 48.3 Å². The van der Waals surface area contributed by atoms with E-state index in [0.29, 0.717) is 17.9 Å². The van der Waals surface area contributed by atoms with E-state index in [-0.39, 0.29) is 5.91 Å². The Kier molecular flexibility index (Phi) is 6.74. The molecule has 4 rings (SSSR count). The molecule has 9 nitrogen and oxygen atoms in total. The fourth-order valence-electron chi connectivity index (χ4n) is 3.95. The lowest BCUT2D eigenvalue weighted by Crippen LogP contribution is -2.48. The van der Waals surface area contributed by atoms with Gasteiger partial charge in [-0.25, -0.2) is 0 Å². The molecule has 0 radical (unpaired) electrons. The summed E-state index contributed by atoms with van der Waals surface area (Å²) in [5, 5.41) is 10.3. The lowest BCUT2D eigenvalue weighted by Gasteiger charge is -2.35. The molecule has 174 valence electrons. The van der Waals surface area contributed by atoms with Crippen molar-refractivity contribution < 1.29 is 9.59 Å². The van der Waals surface area contributed by atoms with E-state index in [4.69, 9.17) is 5.73 Å². The molecule has 1 aromatic carbocycles. The van der Waals surface area contributed by atoms with Crippen molar-refractivity contribution in [1.82, 2.24) is 20.7 Å². The molecule has 1 saturated heterocycles. The van der Waals surface area contributed by atoms with Crippen molar-refractivity contribution in [2.24, 2.45) is 5.73 Å². The Labute approximate surface area is 197 Å². The van der Waals surface area contributed by atoms with Gasteiger partial charge in [0.05, 0.1) is 5.70 Å². The summed E-state index contributed by atoms with van der Waals surface area (Å²) in [6.45, 7) is 5.36. The Balaban J connectivity index is 1.43. The average Bonchev–Trinajstić information content (AvgIpc) is 3.31. The van der Waals surface area contributed by atoms with Crippen molar-refractivity contribution in [3.05, 3.63) is 69.9 Å². The van der Waals surface area contributed by atoms with Crippen LogP contribution in [0.15, 0.2) is 65.1 Å². The number of rotatable bonds is 7. The van der Waals surface area contributed by atoms with Crippen LogP contribution in [0.5, 0.6) is 0 Å². The Bertz CT molecular complexity index is 1050. The first-order valence-corrected chi connectivity index (χ1v) is 11.7. The highest BCUT2D eigenvalue weighted by atomic mass is 32.1. The highest BCUT2D eigenvalue weighted by molar-refractivity contribution is 7.09. The van der Waals surface area contributed by atoms with E-state index >= 15 is 0 Å². The maximum atomic E-state index is 12.0. The third-order valence-electron chi connectivity index (χ3n) is 5.67. The molecule has 0 aliphatic carbocycles. The molecular formula is C23H29N7O2S. The fraction of sp³-hybridized carbons (Fsp3) is 0.304. The summed E-state index contributed by atoms with van der Waals surface area (Å²) in [7, 11) is 1.76. The Morgan fingerprint density at radius 1 is 1.12 bits per heavy atom. The number of amides is 2. The van der Waals surface area contributed by atoms with Gasteiger partial charge in [-0.15, -0.1) is 11.3 Å². The second kappa shape index (κ2) is 9.86. The van der Waals surface area contributed by atoms with Crippen molar-refractivity contribution in [2.45, 2.75) is 13.5 Å². The van der Waals surface area contributed by atoms with Gasteiger partial charge in [0.2, 0.25) is 5.91 Å². The number of thiophene rings is 1. The number of carbonyl (C=O) groups excluding carboxylic acids is 2. The zero-order chi connectivity index (χ0) is 23.4. The number of nitrogens with one attached hydrogen (secondary N) is 3. The van der Waals surface area contributed by atoms with E-state index in [9.17, 15) is 9.59 Å². The smallest absolute Gasteiger partial charge is 0.268 e. The van der Waals surface area contributed by atoms with Gasteiger partial charge in [0.25, 0.3) is 5.91 Å². The van der Waals surface area contributed by atoms with E-state index < -0.39 is 5.91 Å². The number of anilines is 2. The third-order valence-corrected chi connectivity index (χ3v) is 6.55. The first kappa shape index (κ1) is 22.5. The van der Waals surface area contributed by atoms with Crippen LogP contribution >= 0.6 is 11.3 Å². The minimum atomic E-state index is -0.511. The minimum absolute atomic E-state index is 0.130. The van der Waals surface area contributed by atoms with Gasteiger partial charge in [-0.05, 0) is 35.7 Å². The molecule has 1 aromatic heterocycles. The van der Waals surface area contributed by atoms with E-state index in [1.807, 2.05) is 40.6 Å². The lowest BCUT2D eigenvalue weighted by atomic mass is 10.2. The van der Waals surface area contributed by atoms with Gasteiger partial charge < -0.3 is 26.2 Å². The number of allylic oxidation sites excluding steroid dienone is 1. The molecule has 0 unspecified atom stereocenters. The summed E-state index contributed by atoms with van der Waals surface area (Å²) in [6, 6.07) is 12.2. The van der Waals surface area contributed by atoms with Gasteiger partial charge in [-0.1, -0.05) is 6.07 Å². The van der Waals surface area contributed by atoms with Gasteiger partial charge >= 0.3 is 0 Å². The maximum absolute atomic E-state index is 12.0. The SMILES string of the molecule is CC(=O)N1CCN(c2ccc(NC3=CC(NCc4cccs4)=C(C(N)=O)N(C)N3)cc2)CC1. The van der Waals surface area contributed by atoms with Crippen LogP contribution in [0.3, 0.4) is 0 Å². The summed E-state index contributed by atoms with van der Waals surface area (Å²) < 4.78 is 0. The number of primary amides is 1. The van der Waals surface area contributed by atoms with Crippen LogP contribution in [0, 0.1) is 0 Å². The van der Waals surface area contributed by atoms with Gasteiger partial charge in [0.1, 0.15) is 11.5 Å². The summed E-state index contributed by atoms with van der Waals surface area (Å²) in [4.78, 5) is 28.9. The molecule has 33 heavy (non-hydrogen) atoms. The van der Waals surface area contributed by atoms with Crippen molar-refractivity contribution in [1.29, 1.82) is 0 Å². The number of hydrogen-bond donors (Lipinski definition) is 4. The quantitative estimate of drug-likeness (QED) is 0.490. The molecule has 2 aliphatic rings. The first-order chi connectivity index (χ1) is 15.9. The largest absolute Gasteiger partial charge is 0.378 e. The molecule has 5 N–H and O–H groups in total. The van der Waals surface area contributed by atoms with Crippen LogP contribution in [-0.4, -0.2) is 54.9 Å². The summed E-state index contributed by atoms with van der Waals surface area (Å²) >= 11 is 1.65. The van der Waals surface area contributed by atoms with E-state index in [2.05, 4.69) is 33.1 Å². The zero-order valence-corrected chi connectivity index (χ0v) is 19.6. The molecule has 1 fully saturated rings. The molecule has 2 aliphatic heterocycles. The van der Waals surface area contributed by atoms with Gasteiger partial charge in [-0.2, -0.15) is 0 Å². The van der Waals surface area contributed by atoms with Gasteiger partial charge in [-0.3, -0.25) is 20.0 Å². The Morgan fingerprint density at radius 3 is 2.45 bits per heavy atom. The summed E-state index contributed by atoms with van der Waals surface area (Å²) in [5.74, 6) is 0.340. The van der Waals surface area contributed by atoms with Crippen LogP contribution in [0.4, 0.5) is 11.4 Å². The number of nitrogens with zero attached hydrogens (tertiary/aromatic N) is 3. The minimum Gasteiger partial charge on any atom is -0.378 e. The second-order valence-corrected chi connectivity index (χ2v) is 8.99. The summed E-state index contributed by atoms with van der Waals surface area (Å²) in [5.41, 5.74) is 11.8. The highest BCUT2D eigenvalue weighted by Crippen LogP contribution is 2.22. The number of hydrogen-bond acceptors (Lipinski definition) is 8. The molecule has 0 bridgehead atoms. The monoisotopic (exact) mass is 467 g/mol. The van der Waals surface area contributed by atoms with E-state index in [1.54, 1.807) is 30.3 Å². The molecule has 10 heteroatoms. The van der Waals surface area contributed by atoms with Crippen LogP contribution in [0.1, 0.15) is 11.8 Å². The summed E-state index contributed by atoms with van der Waals surface area (Å²) in [6.07, 6.45) is 1.85. The Morgan fingerprint density at radius 2 is 1.85 bits per heavy atom. The molecule has 0 saturated carbocycles.